The van der Waals surface area contributed by atoms with Crippen LogP contribution in [0.3, 0.4) is 0 Å². The lowest BCUT2D eigenvalue weighted by Gasteiger charge is -2.23. The van der Waals surface area contributed by atoms with Crippen molar-refractivity contribution in [3.63, 3.8) is 0 Å². The van der Waals surface area contributed by atoms with E-state index in [1.54, 1.807) is 15.9 Å². The van der Waals surface area contributed by atoms with Crippen molar-refractivity contribution in [1.29, 1.82) is 0 Å². The zero-order chi connectivity index (χ0) is 17.4. The van der Waals surface area contributed by atoms with Gasteiger partial charge in [0.2, 0.25) is 5.91 Å². The van der Waals surface area contributed by atoms with Gasteiger partial charge < -0.3 is 5.32 Å². The predicted octanol–water partition coefficient (Wildman–Crippen LogP) is 3.09. The maximum absolute atomic E-state index is 13.1. The smallest absolute Gasteiger partial charge is 0.263 e. The zero-order valence-corrected chi connectivity index (χ0v) is 15.6. The Morgan fingerprint density at radius 3 is 2.76 bits per heavy atom. The second-order valence-electron chi connectivity index (χ2n) is 7.34. The number of nitrogens with zero attached hydrogens (tertiary/aromatic N) is 2. The number of hydrogen-bond acceptors (Lipinski definition) is 4. The van der Waals surface area contributed by atoms with E-state index in [1.165, 1.54) is 36.1 Å². The van der Waals surface area contributed by atoms with Gasteiger partial charge in [-0.1, -0.05) is 19.3 Å². The van der Waals surface area contributed by atoms with E-state index < -0.39 is 0 Å². The van der Waals surface area contributed by atoms with Crippen LogP contribution in [0.1, 0.15) is 61.2 Å². The molecule has 0 radical (unpaired) electrons. The molecule has 2 aromatic heterocycles. The molecule has 1 amide bonds. The van der Waals surface area contributed by atoms with Crippen molar-refractivity contribution < 1.29 is 4.79 Å². The first-order chi connectivity index (χ1) is 12.1. The van der Waals surface area contributed by atoms with Crippen molar-refractivity contribution in [2.45, 2.75) is 77.3 Å². The second kappa shape index (κ2) is 6.90. The Labute approximate surface area is 151 Å². The molecule has 2 aromatic rings. The number of rotatable bonds is 3. The number of aromatic nitrogens is 2. The highest BCUT2D eigenvalue weighted by Crippen LogP contribution is 2.33. The molecule has 1 N–H and O–H groups in total. The van der Waals surface area contributed by atoms with Gasteiger partial charge in [-0.3, -0.25) is 14.2 Å². The third-order valence-electron chi connectivity index (χ3n) is 5.54. The highest BCUT2D eigenvalue weighted by molar-refractivity contribution is 7.18. The summed E-state index contributed by atoms with van der Waals surface area (Å²) in [7, 11) is 0. The first-order valence-electron chi connectivity index (χ1n) is 9.44. The van der Waals surface area contributed by atoms with Gasteiger partial charge in [0, 0.05) is 10.9 Å². The number of nitrogens with one attached hydrogen (secondary N) is 1. The molecule has 0 saturated heterocycles. The van der Waals surface area contributed by atoms with E-state index in [4.69, 9.17) is 0 Å². The predicted molar refractivity (Wildman–Crippen MR) is 100 cm³/mol. The van der Waals surface area contributed by atoms with Crippen LogP contribution in [-0.4, -0.2) is 21.5 Å². The van der Waals surface area contributed by atoms with Gasteiger partial charge in [-0.2, -0.15) is 0 Å². The van der Waals surface area contributed by atoms with Crippen LogP contribution < -0.4 is 10.9 Å². The van der Waals surface area contributed by atoms with Gasteiger partial charge in [0.15, 0.2) is 0 Å². The summed E-state index contributed by atoms with van der Waals surface area (Å²) in [5, 5.41) is 3.86. The van der Waals surface area contributed by atoms with E-state index in [1.807, 2.05) is 6.92 Å². The summed E-state index contributed by atoms with van der Waals surface area (Å²) < 4.78 is 1.56. The second-order valence-corrected chi connectivity index (χ2v) is 8.43. The van der Waals surface area contributed by atoms with Crippen molar-refractivity contribution in [2.75, 3.05) is 0 Å². The summed E-state index contributed by atoms with van der Waals surface area (Å²) in [5.74, 6) is 0.567. The minimum atomic E-state index is -0.0673. The molecule has 1 saturated carbocycles. The van der Waals surface area contributed by atoms with Gasteiger partial charge in [-0.15, -0.1) is 11.3 Å². The van der Waals surface area contributed by atoms with E-state index in [-0.39, 0.29) is 24.1 Å². The molecule has 0 aromatic carbocycles. The number of aryl methyl sites for hydroxylation is 3. The Bertz CT molecular complexity index is 862. The van der Waals surface area contributed by atoms with Crippen molar-refractivity contribution in [1.82, 2.24) is 14.9 Å². The van der Waals surface area contributed by atoms with Crippen LogP contribution in [0.25, 0.3) is 10.2 Å². The van der Waals surface area contributed by atoms with Crippen LogP contribution in [0.5, 0.6) is 0 Å². The SMILES string of the molecule is Cc1nc2sc3c(c2c(=O)n1CC(=O)NC1CCCCC1)CCCC3. The number of fused-ring (bicyclic) bond motifs is 3. The van der Waals surface area contributed by atoms with Crippen LogP contribution in [-0.2, 0) is 24.2 Å². The standard InChI is InChI=1S/C19H25N3O2S/c1-12-20-18-17(14-9-5-6-10-15(14)25-18)19(24)22(12)11-16(23)21-13-7-3-2-4-8-13/h13H,2-11H2,1H3,(H,21,23). The van der Waals surface area contributed by atoms with Crippen LogP contribution in [0.2, 0.25) is 0 Å². The Kier molecular flexibility index (Phi) is 4.63. The number of thiophene rings is 1. The average molecular weight is 359 g/mol. The topological polar surface area (TPSA) is 64.0 Å². The number of carbonyl (C=O) groups is 1. The Morgan fingerprint density at radius 2 is 1.96 bits per heavy atom. The molecule has 2 aliphatic rings. The molecule has 0 bridgehead atoms. The van der Waals surface area contributed by atoms with Crippen LogP contribution in [0.15, 0.2) is 4.79 Å². The van der Waals surface area contributed by atoms with Crippen molar-refractivity contribution in [3.05, 3.63) is 26.6 Å². The Hall–Kier alpha value is -1.69. The normalized spacial score (nSPS) is 18.3. The quantitative estimate of drug-likeness (QED) is 0.916. The van der Waals surface area contributed by atoms with Crippen LogP contribution in [0.4, 0.5) is 0 Å². The number of carbonyl (C=O) groups excluding carboxylic acids is 1. The maximum atomic E-state index is 13.1. The number of amides is 1. The third-order valence-corrected chi connectivity index (χ3v) is 6.72. The molecule has 0 spiro atoms. The van der Waals surface area contributed by atoms with Gasteiger partial charge in [0.05, 0.1) is 5.39 Å². The lowest BCUT2D eigenvalue weighted by atomic mass is 9.95. The maximum Gasteiger partial charge on any atom is 0.263 e. The molecular formula is C19H25N3O2S. The van der Waals surface area contributed by atoms with E-state index in [9.17, 15) is 9.59 Å². The molecule has 0 unspecified atom stereocenters. The van der Waals surface area contributed by atoms with Gasteiger partial charge in [0.1, 0.15) is 17.2 Å². The van der Waals surface area contributed by atoms with Crippen LogP contribution >= 0.6 is 11.3 Å². The minimum absolute atomic E-state index is 0.0410. The van der Waals surface area contributed by atoms with E-state index >= 15 is 0 Å². The molecule has 4 rings (SSSR count). The molecule has 0 aliphatic heterocycles. The van der Waals surface area contributed by atoms with Gasteiger partial charge >= 0.3 is 0 Å². The molecule has 25 heavy (non-hydrogen) atoms. The van der Waals surface area contributed by atoms with Gasteiger partial charge in [-0.25, -0.2) is 4.98 Å². The van der Waals surface area contributed by atoms with Crippen molar-refractivity contribution >= 4 is 27.5 Å². The van der Waals surface area contributed by atoms with Crippen molar-refractivity contribution in [2.24, 2.45) is 0 Å². The van der Waals surface area contributed by atoms with Gasteiger partial charge in [-0.05, 0) is 51.0 Å². The molecule has 2 aliphatic carbocycles. The summed E-state index contributed by atoms with van der Waals surface area (Å²) in [5.41, 5.74) is 1.14. The molecule has 6 heteroatoms. The molecule has 0 atom stereocenters. The lowest BCUT2D eigenvalue weighted by Crippen LogP contribution is -2.40. The van der Waals surface area contributed by atoms with E-state index in [2.05, 4.69) is 10.3 Å². The lowest BCUT2D eigenvalue weighted by molar-refractivity contribution is -0.122. The van der Waals surface area contributed by atoms with Gasteiger partial charge in [0.25, 0.3) is 5.56 Å². The first-order valence-corrected chi connectivity index (χ1v) is 10.3. The Balaban J connectivity index is 1.62. The largest absolute Gasteiger partial charge is 0.352 e. The monoisotopic (exact) mass is 359 g/mol. The fraction of sp³-hybridized carbons (Fsp3) is 0.632. The molecule has 5 nitrogen and oxygen atoms in total. The number of hydrogen-bond donors (Lipinski definition) is 1. The molecule has 1 fully saturated rings. The fourth-order valence-corrected chi connectivity index (χ4v) is 5.49. The fourth-order valence-electron chi connectivity index (χ4n) is 4.19. The highest BCUT2D eigenvalue weighted by atomic mass is 32.1. The highest BCUT2D eigenvalue weighted by Gasteiger charge is 2.22. The van der Waals surface area contributed by atoms with E-state index in [0.717, 1.165) is 42.3 Å². The van der Waals surface area contributed by atoms with Crippen LogP contribution in [0, 0.1) is 6.92 Å². The summed E-state index contributed by atoms with van der Waals surface area (Å²) in [6, 6.07) is 0.267. The van der Waals surface area contributed by atoms with E-state index in [0.29, 0.717) is 5.82 Å². The summed E-state index contributed by atoms with van der Waals surface area (Å²) in [6.07, 6.45) is 10.1. The van der Waals surface area contributed by atoms with Crippen molar-refractivity contribution in [3.8, 4) is 0 Å². The summed E-state index contributed by atoms with van der Waals surface area (Å²) >= 11 is 1.66. The average Bonchev–Trinajstić information content (AvgIpc) is 2.97. The molecule has 2 heterocycles. The minimum Gasteiger partial charge on any atom is -0.352 e. The Morgan fingerprint density at radius 1 is 1.20 bits per heavy atom. The third kappa shape index (κ3) is 3.24. The first kappa shape index (κ1) is 16.8. The zero-order valence-electron chi connectivity index (χ0n) is 14.8. The molecular weight excluding hydrogens is 334 g/mol. The summed E-state index contributed by atoms with van der Waals surface area (Å²) in [6.45, 7) is 1.90. The molecule has 134 valence electrons. The summed E-state index contributed by atoms with van der Waals surface area (Å²) in [4.78, 5) is 32.3.